The van der Waals surface area contributed by atoms with Crippen molar-refractivity contribution in [3.63, 3.8) is 0 Å². The summed E-state index contributed by atoms with van der Waals surface area (Å²) in [5.74, 6) is 0. The first-order valence-corrected chi connectivity index (χ1v) is 7.72. The number of hydrogen-bond acceptors (Lipinski definition) is 2. The van der Waals surface area contributed by atoms with Crippen molar-refractivity contribution in [3.8, 4) is 0 Å². The highest BCUT2D eigenvalue weighted by molar-refractivity contribution is 9.10. The van der Waals surface area contributed by atoms with Crippen molar-refractivity contribution in [1.82, 2.24) is 5.32 Å². The molecule has 0 bridgehead atoms. The topological polar surface area (TPSA) is 32.3 Å². The van der Waals surface area contributed by atoms with Gasteiger partial charge in [-0.1, -0.05) is 54.4 Å². The molecule has 1 aromatic carbocycles. The van der Waals surface area contributed by atoms with Crippen molar-refractivity contribution in [2.24, 2.45) is 5.41 Å². The summed E-state index contributed by atoms with van der Waals surface area (Å²) in [5, 5.41) is 14.1. The molecule has 2 atom stereocenters. The van der Waals surface area contributed by atoms with E-state index in [9.17, 15) is 5.11 Å². The number of rotatable bonds is 5. The van der Waals surface area contributed by atoms with Gasteiger partial charge in [-0.15, -0.1) is 0 Å². The highest BCUT2D eigenvalue weighted by Gasteiger charge is 2.18. The third-order valence-corrected chi connectivity index (χ3v) is 3.76. The van der Waals surface area contributed by atoms with Crippen molar-refractivity contribution in [2.75, 3.05) is 6.54 Å². The molecule has 108 valence electrons. The van der Waals surface area contributed by atoms with Gasteiger partial charge in [-0.25, -0.2) is 0 Å². The zero-order chi connectivity index (χ0) is 14.6. The Hall–Kier alpha value is -0.0900. The van der Waals surface area contributed by atoms with Crippen molar-refractivity contribution in [3.05, 3.63) is 33.3 Å². The van der Waals surface area contributed by atoms with E-state index in [0.717, 1.165) is 21.5 Å². The van der Waals surface area contributed by atoms with Gasteiger partial charge in [-0.2, -0.15) is 0 Å². The van der Waals surface area contributed by atoms with Crippen molar-refractivity contribution in [2.45, 2.75) is 46.3 Å². The van der Waals surface area contributed by atoms with Crippen molar-refractivity contribution >= 4 is 27.5 Å². The fraction of sp³-hybridized carbons (Fsp3) is 0.600. The predicted octanol–water partition coefficient (Wildman–Crippen LogP) is 4.55. The van der Waals surface area contributed by atoms with E-state index in [0.29, 0.717) is 6.54 Å². The summed E-state index contributed by atoms with van der Waals surface area (Å²) in [6.07, 6.45) is 0.442. The van der Waals surface area contributed by atoms with E-state index in [1.54, 1.807) is 0 Å². The Morgan fingerprint density at radius 1 is 1.37 bits per heavy atom. The fourth-order valence-corrected chi connectivity index (χ4v) is 2.89. The summed E-state index contributed by atoms with van der Waals surface area (Å²) in [4.78, 5) is 0. The molecule has 0 radical (unpaired) electrons. The maximum absolute atomic E-state index is 9.99. The third-order valence-electron chi connectivity index (χ3n) is 2.94. The predicted molar refractivity (Wildman–Crippen MR) is 85.6 cm³/mol. The lowest BCUT2D eigenvalue weighted by atomic mass is 9.89. The van der Waals surface area contributed by atoms with Gasteiger partial charge in [0, 0.05) is 22.1 Å². The summed E-state index contributed by atoms with van der Waals surface area (Å²) < 4.78 is 0.973. The molecule has 0 aromatic heterocycles. The Kier molecular flexibility index (Phi) is 6.31. The van der Waals surface area contributed by atoms with E-state index in [4.69, 9.17) is 11.6 Å². The molecule has 0 spiro atoms. The second-order valence-electron chi connectivity index (χ2n) is 6.21. The minimum absolute atomic E-state index is 0.121. The third kappa shape index (κ3) is 6.26. The van der Waals surface area contributed by atoms with Gasteiger partial charge >= 0.3 is 0 Å². The van der Waals surface area contributed by atoms with Crippen LogP contribution in [0, 0.1) is 5.41 Å². The highest BCUT2D eigenvalue weighted by Crippen LogP contribution is 2.26. The Morgan fingerprint density at radius 2 is 2.00 bits per heavy atom. The Morgan fingerprint density at radius 3 is 2.53 bits per heavy atom. The number of aliphatic hydroxyl groups is 1. The molecule has 0 saturated heterocycles. The quantitative estimate of drug-likeness (QED) is 0.818. The van der Waals surface area contributed by atoms with Crippen LogP contribution in [0.5, 0.6) is 0 Å². The zero-order valence-corrected chi connectivity index (χ0v) is 14.3. The van der Waals surface area contributed by atoms with Crippen LogP contribution in [-0.2, 0) is 0 Å². The van der Waals surface area contributed by atoms with Gasteiger partial charge in [0.2, 0.25) is 0 Å². The maximum Gasteiger partial charge on any atom is 0.0669 e. The van der Waals surface area contributed by atoms with Crippen LogP contribution < -0.4 is 5.32 Å². The first-order chi connectivity index (χ1) is 8.69. The van der Waals surface area contributed by atoms with E-state index in [-0.39, 0.29) is 17.6 Å². The molecule has 2 N–H and O–H groups in total. The Labute approximate surface area is 129 Å². The lowest BCUT2D eigenvalue weighted by Crippen LogP contribution is -2.31. The molecule has 0 heterocycles. The molecule has 0 aliphatic heterocycles. The summed E-state index contributed by atoms with van der Waals surface area (Å²) in [7, 11) is 0. The second kappa shape index (κ2) is 7.07. The molecule has 4 heteroatoms. The molecule has 0 aliphatic rings. The Balaban J connectivity index is 2.53. The number of hydrogen-bond donors (Lipinski definition) is 2. The van der Waals surface area contributed by atoms with Crippen LogP contribution in [0.1, 0.15) is 45.7 Å². The minimum Gasteiger partial charge on any atom is -0.392 e. The summed E-state index contributed by atoms with van der Waals surface area (Å²) in [5.41, 5.74) is 1.19. The van der Waals surface area contributed by atoms with Crippen LogP contribution in [0.25, 0.3) is 0 Å². The molecule has 2 unspecified atom stereocenters. The largest absolute Gasteiger partial charge is 0.392 e. The van der Waals surface area contributed by atoms with Crippen LogP contribution in [0.15, 0.2) is 22.7 Å². The average molecular weight is 349 g/mol. The van der Waals surface area contributed by atoms with Gasteiger partial charge in [-0.05, 0) is 36.5 Å². The lowest BCUT2D eigenvalue weighted by Gasteiger charge is -2.24. The van der Waals surface area contributed by atoms with Crippen LogP contribution >= 0.6 is 27.5 Å². The van der Waals surface area contributed by atoms with Crippen molar-refractivity contribution in [1.29, 1.82) is 0 Å². The molecule has 0 amide bonds. The van der Waals surface area contributed by atoms with Gasteiger partial charge in [0.05, 0.1) is 6.10 Å². The van der Waals surface area contributed by atoms with E-state index in [2.05, 4.69) is 48.9 Å². The van der Waals surface area contributed by atoms with Gasteiger partial charge in [0.25, 0.3) is 0 Å². The first-order valence-electron chi connectivity index (χ1n) is 6.55. The van der Waals surface area contributed by atoms with Crippen LogP contribution in [0.4, 0.5) is 0 Å². The zero-order valence-electron chi connectivity index (χ0n) is 12.0. The molecule has 0 fully saturated rings. The molecule has 0 saturated carbocycles. The van der Waals surface area contributed by atoms with Gasteiger partial charge < -0.3 is 10.4 Å². The number of aliphatic hydroxyl groups excluding tert-OH is 1. The molecule has 1 aromatic rings. The Bertz CT molecular complexity index is 417. The molecular formula is C15H23BrClNO. The highest BCUT2D eigenvalue weighted by atomic mass is 79.9. The number of benzene rings is 1. The minimum atomic E-state index is -0.336. The monoisotopic (exact) mass is 347 g/mol. The van der Waals surface area contributed by atoms with Crippen LogP contribution in [-0.4, -0.2) is 17.8 Å². The summed E-state index contributed by atoms with van der Waals surface area (Å²) in [6.45, 7) is 9.02. The SMILES string of the molecule is CC(NCC(O)CC(C)(C)C)c1ccc(Br)cc1Cl. The van der Waals surface area contributed by atoms with Gasteiger partial charge in [-0.3, -0.25) is 0 Å². The second-order valence-corrected chi connectivity index (χ2v) is 7.54. The van der Waals surface area contributed by atoms with E-state index in [1.165, 1.54) is 0 Å². The lowest BCUT2D eigenvalue weighted by molar-refractivity contribution is 0.117. The van der Waals surface area contributed by atoms with Gasteiger partial charge in [0.1, 0.15) is 0 Å². The first kappa shape index (κ1) is 17.0. The van der Waals surface area contributed by atoms with E-state index >= 15 is 0 Å². The number of halogens is 2. The summed E-state index contributed by atoms with van der Waals surface area (Å²) >= 11 is 9.61. The smallest absolute Gasteiger partial charge is 0.0669 e. The van der Waals surface area contributed by atoms with E-state index < -0.39 is 0 Å². The van der Waals surface area contributed by atoms with E-state index in [1.807, 2.05) is 18.2 Å². The number of nitrogens with one attached hydrogen (secondary N) is 1. The maximum atomic E-state index is 9.99. The normalized spacial score (nSPS) is 15.3. The van der Waals surface area contributed by atoms with Gasteiger partial charge in [0.15, 0.2) is 0 Å². The standard InChI is InChI=1S/C15H23BrClNO/c1-10(13-6-5-11(16)7-14(13)17)18-9-12(19)8-15(2,3)4/h5-7,10,12,18-19H,8-9H2,1-4H3. The summed E-state index contributed by atoms with van der Waals surface area (Å²) in [6, 6.07) is 5.99. The molecule has 0 aliphatic carbocycles. The average Bonchev–Trinajstić information content (AvgIpc) is 2.23. The molecular weight excluding hydrogens is 326 g/mol. The molecule has 2 nitrogen and oxygen atoms in total. The van der Waals surface area contributed by atoms with Crippen LogP contribution in [0.2, 0.25) is 5.02 Å². The molecule has 19 heavy (non-hydrogen) atoms. The van der Waals surface area contributed by atoms with Crippen molar-refractivity contribution < 1.29 is 5.11 Å². The van der Waals surface area contributed by atoms with Crippen LogP contribution in [0.3, 0.4) is 0 Å². The fourth-order valence-electron chi connectivity index (χ4n) is 2.05. The molecule has 1 rings (SSSR count).